The summed E-state index contributed by atoms with van der Waals surface area (Å²) in [4.78, 5) is 135. The summed E-state index contributed by atoms with van der Waals surface area (Å²) in [5, 5.41) is 31.3. The van der Waals surface area contributed by atoms with E-state index in [1.54, 1.807) is 4.90 Å². The molecule has 0 atom stereocenters. The number of carbonyl (C=O) groups is 8. The second-order valence-electron chi connectivity index (χ2n) is 28.6. The second kappa shape index (κ2) is 39.3. The number of ether oxygens (including phenoxy) is 2. The number of rotatable bonds is 17. The number of hydrogen-bond acceptors (Lipinski definition) is 18. The molecule has 584 valence electrons. The van der Waals surface area contributed by atoms with Crippen molar-refractivity contribution in [2.75, 3.05) is 67.3 Å². The van der Waals surface area contributed by atoms with Crippen LogP contribution in [0.3, 0.4) is 0 Å². The highest BCUT2D eigenvalue weighted by molar-refractivity contribution is 6.03. The smallest absolute Gasteiger partial charge is 0.323 e. The predicted octanol–water partition coefficient (Wildman–Crippen LogP) is 8.68. The minimum Gasteiger partial charge on any atom is -0.381 e. The average Bonchev–Trinajstić information content (AvgIpc) is 1.69. The highest BCUT2D eigenvalue weighted by Crippen LogP contribution is 2.28. The number of morpholine rings is 1. The van der Waals surface area contributed by atoms with Crippen LogP contribution in [-0.2, 0) is 67.4 Å². The van der Waals surface area contributed by atoms with E-state index in [-0.39, 0.29) is 118 Å². The van der Waals surface area contributed by atoms with Gasteiger partial charge in [0.15, 0.2) is 46.0 Å². The number of amides is 12. The fourth-order valence-corrected chi connectivity index (χ4v) is 14.8. The van der Waals surface area contributed by atoms with Gasteiger partial charge in [-0.2, -0.15) is 0 Å². The zero-order valence-electron chi connectivity index (χ0n) is 62.6. The third kappa shape index (κ3) is 22.3. The van der Waals surface area contributed by atoms with E-state index < -0.39 is 6.03 Å². The molecule has 9 aromatic rings. The normalized spacial score (nSPS) is 15.8. The SMILES string of the molecule is O=C(NC1Cc2ccccc2C1)c1nccnc1NC(=O)N1CCOCC1.O=C(NCC1CCOCC1)Nc1nccnc1C(=O)NC1Cc2ccccc2C1.O=C(NCc1ccccc1)Nc1nccnc1C(=O)NC1Cc2ccccc2C1.O=C(Nc1nccnc1C(=O)NC1Cc2ccccc2C1)NC1CCCCC1. The Morgan fingerprint density at radius 2 is 0.646 bits per heavy atom. The Hall–Kier alpha value is -12.7. The van der Waals surface area contributed by atoms with Gasteiger partial charge in [-0.05, 0) is 133 Å². The molecule has 0 radical (unpaired) electrons. The van der Waals surface area contributed by atoms with Gasteiger partial charge in [0.1, 0.15) is 0 Å². The predicted molar refractivity (Wildman–Crippen MR) is 422 cm³/mol. The van der Waals surface area contributed by atoms with Crippen molar-refractivity contribution in [1.82, 2.24) is 82.0 Å². The lowest BCUT2D eigenvalue weighted by molar-refractivity contribution is 0.0564. The number of hydrogen-bond donors (Lipinski definition) is 11. The molecular formula is C83H92N20O10. The number of nitrogens with one attached hydrogen (secondary N) is 11. The van der Waals surface area contributed by atoms with E-state index in [1.165, 1.54) is 101 Å². The molecule has 0 bridgehead atoms. The van der Waals surface area contributed by atoms with Gasteiger partial charge < -0.3 is 51.6 Å². The number of urea groups is 4. The van der Waals surface area contributed by atoms with Crippen LogP contribution in [0.1, 0.15) is 137 Å². The quantitative estimate of drug-likeness (QED) is 0.0406. The fourth-order valence-electron chi connectivity index (χ4n) is 14.8. The van der Waals surface area contributed by atoms with Crippen molar-refractivity contribution in [2.45, 2.75) is 133 Å². The number of nitrogens with zero attached hydrogens (tertiary/aromatic N) is 9. The summed E-state index contributed by atoms with van der Waals surface area (Å²) in [5.74, 6) is -0.299. The van der Waals surface area contributed by atoms with Crippen LogP contribution < -0.4 is 58.5 Å². The summed E-state index contributed by atoms with van der Waals surface area (Å²) < 4.78 is 10.6. The van der Waals surface area contributed by atoms with E-state index in [2.05, 4.69) is 147 Å². The first kappa shape index (κ1) is 78.4. The largest absolute Gasteiger partial charge is 0.381 e. The maximum absolute atomic E-state index is 12.8. The number of fused-ring (bicyclic) bond motifs is 4. The summed E-state index contributed by atoms with van der Waals surface area (Å²) in [6, 6.07) is 41.0. The summed E-state index contributed by atoms with van der Waals surface area (Å²) >= 11 is 0. The average molecular weight is 1530 g/mol. The molecule has 7 aliphatic rings. The van der Waals surface area contributed by atoms with E-state index in [0.717, 1.165) is 109 Å². The van der Waals surface area contributed by atoms with Crippen molar-refractivity contribution in [3.8, 4) is 0 Å². The van der Waals surface area contributed by atoms with Gasteiger partial charge in [0.25, 0.3) is 23.6 Å². The van der Waals surface area contributed by atoms with Crippen molar-refractivity contribution < 1.29 is 47.8 Å². The standard InChI is InChI=1S/C22H21N5O2.C21H25N5O3.C21H25N5O2.C19H21N5O3/c28-21(26-18-12-16-8-4-5-9-17(16)13-18)19-20(24-11-10-23-19)27-22(29)25-14-15-6-2-1-3-7-15;27-20(25-17-11-15-3-1-2-4-16(15)12-17)18-19(23-8-7-22-18)26-21(28)24-13-14-5-9-29-10-6-14;27-20(24-17-12-14-6-4-5-7-15(14)13-17)18-19(23-11-10-22-18)26-21(28)25-16-8-2-1-3-9-16;25-18(22-15-11-13-3-1-2-4-14(13)12-15)16-17(21-6-5-20-16)23-19(26)24-7-9-27-10-8-24/h1-11,18H,12-14H2,(H,26,28)(H2,24,25,27,29);1-4,7-8,14,17H,5-6,9-13H2,(H,25,27)(H2,23,24,26,28);4-7,10-11,16-17H,1-3,8-9,12-13H2,(H,24,27)(H2,23,25,26,28);1-6,15H,7-12H2,(H,22,25)(H,21,23,26). The van der Waals surface area contributed by atoms with E-state index in [0.29, 0.717) is 45.3 Å². The molecule has 0 spiro atoms. The molecule has 2 aliphatic heterocycles. The van der Waals surface area contributed by atoms with Gasteiger partial charge >= 0.3 is 24.1 Å². The maximum atomic E-state index is 12.8. The minimum absolute atomic E-state index is 0.00154. The monoisotopic (exact) mass is 1530 g/mol. The lowest BCUT2D eigenvalue weighted by Gasteiger charge is -2.26. The van der Waals surface area contributed by atoms with Crippen LogP contribution >= 0.6 is 0 Å². The molecule has 113 heavy (non-hydrogen) atoms. The highest BCUT2D eigenvalue weighted by atomic mass is 16.5. The molecular weight excluding hydrogens is 1440 g/mol. The van der Waals surface area contributed by atoms with Crippen LogP contribution in [0.4, 0.5) is 42.4 Å². The molecule has 30 heteroatoms. The Labute approximate surface area is 653 Å². The molecule has 11 N–H and O–H groups in total. The second-order valence-corrected chi connectivity index (χ2v) is 28.6. The van der Waals surface area contributed by atoms with E-state index >= 15 is 0 Å². The van der Waals surface area contributed by atoms with Gasteiger partial charge in [0.2, 0.25) is 0 Å². The lowest BCUT2D eigenvalue weighted by atomic mass is 9.96. The van der Waals surface area contributed by atoms with Crippen LogP contribution in [0, 0.1) is 5.92 Å². The first-order valence-corrected chi connectivity index (χ1v) is 38.4. The van der Waals surface area contributed by atoms with Gasteiger partial charge in [-0.25, -0.2) is 59.0 Å². The van der Waals surface area contributed by atoms with Gasteiger partial charge in [-0.1, -0.05) is 147 Å². The van der Waals surface area contributed by atoms with Crippen molar-refractivity contribution in [2.24, 2.45) is 5.92 Å². The first-order chi connectivity index (χ1) is 55.3. The molecule has 4 aromatic heterocycles. The van der Waals surface area contributed by atoms with Crippen molar-refractivity contribution >= 4 is 71.0 Å². The molecule has 5 aromatic carbocycles. The van der Waals surface area contributed by atoms with E-state index in [9.17, 15) is 38.4 Å². The van der Waals surface area contributed by atoms with Gasteiger partial charge in [-0.3, -0.25) is 40.4 Å². The van der Waals surface area contributed by atoms with E-state index in [4.69, 9.17) is 9.47 Å². The summed E-state index contributed by atoms with van der Waals surface area (Å²) in [7, 11) is 0. The molecule has 6 heterocycles. The summed E-state index contributed by atoms with van der Waals surface area (Å²) in [6.45, 7) is 4.42. The van der Waals surface area contributed by atoms with Crippen molar-refractivity contribution in [3.63, 3.8) is 0 Å². The highest BCUT2D eigenvalue weighted by Gasteiger charge is 2.31. The Morgan fingerprint density at radius 3 is 1.02 bits per heavy atom. The zero-order valence-corrected chi connectivity index (χ0v) is 62.6. The molecule has 12 amide bonds. The van der Waals surface area contributed by atoms with Crippen LogP contribution in [0.5, 0.6) is 0 Å². The molecule has 30 nitrogen and oxygen atoms in total. The minimum atomic E-state index is -0.448. The molecule has 3 fully saturated rings. The van der Waals surface area contributed by atoms with Crippen LogP contribution in [-0.4, -0.2) is 169 Å². The molecule has 5 aliphatic carbocycles. The maximum Gasteiger partial charge on any atom is 0.323 e. The molecule has 16 rings (SSSR count). The lowest BCUT2D eigenvalue weighted by Crippen LogP contribution is -2.43. The topological polar surface area (TPSA) is 394 Å². The fraction of sp³-hybridized carbons (Fsp3) is 0.349. The Balaban J connectivity index is 0.000000132. The Kier molecular flexibility index (Phi) is 27.3. The third-order valence-corrected chi connectivity index (χ3v) is 20.5. The number of carbonyl (C=O) groups excluding carboxylic acids is 8. The summed E-state index contributed by atoms with van der Waals surface area (Å²) in [6.07, 6.45) is 25.3. The van der Waals surface area contributed by atoms with E-state index in [1.807, 2.05) is 78.9 Å². The van der Waals surface area contributed by atoms with Crippen molar-refractivity contribution in [1.29, 1.82) is 0 Å². The van der Waals surface area contributed by atoms with Crippen LogP contribution in [0.25, 0.3) is 0 Å². The van der Waals surface area contributed by atoms with Crippen LogP contribution in [0.2, 0.25) is 0 Å². The Morgan fingerprint density at radius 1 is 0.327 bits per heavy atom. The van der Waals surface area contributed by atoms with Gasteiger partial charge in [0.05, 0.1) is 13.2 Å². The van der Waals surface area contributed by atoms with Gasteiger partial charge in [-0.15, -0.1) is 0 Å². The molecule has 0 unspecified atom stereocenters. The van der Waals surface area contributed by atoms with Gasteiger partial charge in [0, 0.05) is 119 Å². The number of benzene rings is 5. The third-order valence-electron chi connectivity index (χ3n) is 20.5. The number of aromatic nitrogens is 8. The Bertz CT molecular complexity index is 4710. The molecule has 2 saturated heterocycles. The first-order valence-electron chi connectivity index (χ1n) is 38.4. The summed E-state index contributed by atoms with van der Waals surface area (Å²) in [5.41, 5.74) is 11.5. The van der Waals surface area contributed by atoms with Crippen molar-refractivity contribution in [3.05, 3.63) is 250 Å². The van der Waals surface area contributed by atoms with Crippen LogP contribution in [0.15, 0.2) is 177 Å². The molecule has 1 saturated carbocycles. The zero-order chi connectivity index (χ0) is 78.1. The number of anilines is 4.